The largest absolute Gasteiger partial charge is 0.481 e. The van der Waals surface area contributed by atoms with Crippen LogP contribution < -0.4 is 5.32 Å². The first-order valence-electron chi connectivity index (χ1n) is 11.4. The van der Waals surface area contributed by atoms with Crippen molar-refractivity contribution in [1.29, 1.82) is 0 Å². The van der Waals surface area contributed by atoms with Crippen LogP contribution in [0.25, 0.3) is 10.9 Å². The minimum Gasteiger partial charge on any atom is -0.481 e. The first-order chi connectivity index (χ1) is 15.7. The predicted molar refractivity (Wildman–Crippen MR) is 128 cm³/mol. The second-order valence-corrected chi connectivity index (χ2v) is 10.3. The van der Waals surface area contributed by atoms with E-state index in [1.54, 1.807) is 25.5 Å². The predicted octanol–water partition coefficient (Wildman–Crippen LogP) is 4.24. The number of hydrogen-bond donors (Lipinski definition) is 2. The van der Waals surface area contributed by atoms with Crippen molar-refractivity contribution in [3.05, 3.63) is 35.5 Å². The number of carbonyl (C=O) groups is 4. The number of nitrogens with one attached hydrogen (secondary N) is 1. The molecule has 0 saturated carbocycles. The van der Waals surface area contributed by atoms with E-state index in [0.29, 0.717) is 5.69 Å². The topological polar surface area (TPSA) is 105 Å². The van der Waals surface area contributed by atoms with Crippen LogP contribution in [0.3, 0.4) is 0 Å². The molecular formula is C26H35FN2O5. The number of halogens is 1. The van der Waals surface area contributed by atoms with Crippen molar-refractivity contribution < 1.29 is 28.7 Å². The van der Waals surface area contributed by atoms with Gasteiger partial charge in [-0.15, -0.1) is 0 Å². The molecular weight excluding hydrogens is 439 g/mol. The number of alkyl halides is 1. The van der Waals surface area contributed by atoms with Crippen LogP contribution in [0.1, 0.15) is 63.5 Å². The molecule has 34 heavy (non-hydrogen) atoms. The lowest BCUT2D eigenvalue weighted by atomic mass is 9.84. The molecule has 1 amide bonds. The van der Waals surface area contributed by atoms with Crippen molar-refractivity contribution in [1.82, 2.24) is 9.88 Å². The highest BCUT2D eigenvalue weighted by molar-refractivity contribution is 6.04. The van der Waals surface area contributed by atoms with Gasteiger partial charge in [0.2, 0.25) is 5.91 Å². The summed E-state index contributed by atoms with van der Waals surface area (Å²) >= 11 is 0. The SMILES string of the molecule is Cc1c(C(=O)CC(C(=O)NC(CC(=O)O)C(=O)C(F)C(C)(C)C)C(C)C)n(C)c2ccccc12. The summed E-state index contributed by atoms with van der Waals surface area (Å²) in [4.78, 5) is 50.4. The Morgan fingerprint density at radius 2 is 1.68 bits per heavy atom. The number of aryl methyl sites for hydroxylation is 2. The average Bonchev–Trinajstić information content (AvgIpc) is 2.99. The third-order valence-electron chi connectivity index (χ3n) is 6.22. The number of aromatic nitrogens is 1. The molecule has 8 heteroatoms. The molecule has 0 radical (unpaired) electrons. The van der Waals surface area contributed by atoms with Gasteiger partial charge in [-0.1, -0.05) is 52.8 Å². The summed E-state index contributed by atoms with van der Waals surface area (Å²) in [6.45, 7) is 9.97. The molecule has 2 aromatic rings. The van der Waals surface area contributed by atoms with Gasteiger partial charge < -0.3 is 15.0 Å². The molecule has 3 unspecified atom stereocenters. The van der Waals surface area contributed by atoms with Crippen molar-refractivity contribution in [3.8, 4) is 0 Å². The molecule has 3 atom stereocenters. The van der Waals surface area contributed by atoms with Gasteiger partial charge in [0, 0.05) is 35.7 Å². The Morgan fingerprint density at radius 3 is 2.18 bits per heavy atom. The van der Waals surface area contributed by atoms with E-state index in [2.05, 4.69) is 5.32 Å². The first-order valence-corrected chi connectivity index (χ1v) is 11.4. The van der Waals surface area contributed by atoms with Crippen molar-refractivity contribution in [2.45, 2.75) is 66.6 Å². The van der Waals surface area contributed by atoms with Gasteiger partial charge in [-0.3, -0.25) is 19.2 Å². The second kappa shape index (κ2) is 10.5. The van der Waals surface area contributed by atoms with E-state index in [-0.39, 0.29) is 18.1 Å². The smallest absolute Gasteiger partial charge is 0.305 e. The number of fused-ring (bicyclic) bond motifs is 1. The van der Waals surface area contributed by atoms with Crippen LogP contribution in [-0.4, -0.2) is 45.3 Å². The van der Waals surface area contributed by atoms with Crippen LogP contribution in [-0.2, 0) is 21.4 Å². The summed E-state index contributed by atoms with van der Waals surface area (Å²) in [5.74, 6) is -4.28. The number of hydrogen-bond acceptors (Lipinski definition) is 4. The summed E-state index contributed by atoms with van der Waals surface area (Å²) < 4.78 is 16.5. The summed E-state index contributed by atoms with van der Waals surface area (Å²) in [5.41, 5.74) is 1.17. The van der Waals surface area contributed by atoms with Crippen molar-refractivity contribution in [3.63, 3.8) is 0 Å². The summed E-state index contributed by atoms with van der Waals surface area (Å²) in [5, 5.41) is 12.6. The third kappa shape index (κ3) is 5.90. The van der Waals surface area contributed by atoms with Gasteiger partial charge in [-0.2, -0.15) is 0 Å². The number of aliphatic carboxylic acids is 1. The maximum atomic E-state index is 14.7. The van der Waals surface area contributed by atoms with E-state index in [1.807, 2.05) is 31.2 Å². The molecule has 0 aliphatic rings. The van der Waals surface area contributed by atoms with E-state index >= 15 is 0 Å². The molecule has 2 rings (SSSR count). The molecule has 2 N–H and O–H groups in total. The number of carbonyl (C=O) groups excluding carboxylic acids is 3. The lowest BCUT2D eigenvalue weighted by Gasteiger charge is -2.28. The molecule has 0 spiro atoms. The van der Waals surface area contributed by atoms with Gasteiger partial charge in [0.1, 0.15) is 6.04 Å². The monoisotopic (exact) mass is 474 g/mol. The standard InChI is InChI=1S/C26H35FN2O5/c1-14(2)17(12-20(30)22-15(3)16-10-8-9-11-19(16)29(22)7)25(34)28-18(13-21(31)32)23(33)24(27)26(4,5)6/h8-11,14,17-18,24H,12-13H2,1-7H3,(H,28,34)(H,31,32). The molecule has 0 fully saturated rings. The zero-order valence-corrected chi connectivity index (χ0v) is 20.9. The van der Waals surface area contributed by atoms with Crippen molar-refractivity contribution >= 4 is 34.3 Å². The number of Topliss-reactive ketones (excluding diaryl/α,β-unsaturated/α-hetero) is 2. The highest BCUT2D eigenvalue weighted by atomic mass is 19.1. The number of para-hydroxylation sites is 1. The molecule has 0 aliphatic heterocycles. The number of nitrogens with zero attached hydrogens (tertiary/aromatic N) is 1. The van der Waals surface area contributed by atoms with Gasteiger partial charge in [-0.25, -0.2) is 4.39 Å². The molecule has 1 aromatic heterocycles. The second-order valence-electron chi connectivity index (χ2n) is 10.3. The average molecular weight is 475 g/mol. The maximum Gasteiger partial charge on any atom is 0.305 e. The fourth-order valence-corrected chi connectivity index (χ4v) is 4.19. The minimum absolute atomic E-state index is 0.124. The Kier molecular flexibility index (Phi) is 8.40. The number of carboxylic acids is 1. The molecule has 186 valence electrons. The quantitative estimate of drug-likeness (QED) is 0.501. The van der Waals surface area contributed by atoms with Crippen LogP contribution in [0.15, 0.2) is 24.3 Å². The fraction of sp³-hybridized carbons (Fsp3) is 0.538. The highest BCUT2D eigenvalue weighted by Gasteiger charge is 2.38. The van der Waals surface area contributed by atoms with Crippen LogP contribution in [0, 0.1) is 24.2 Å². The van der Waals surface area contributed by atoms with Gasteiger partial charge in [0.15, 0.2) is 17.7 Å². The van der Waals surface area contributed by atoms with Crippen LogP contribution in [0.5, 0.6) is 0 Å². The van der Waals surface area contributed by atoms with E-state index < -0.39 is 47.6 Å². The molecule has 7 nitrogen and oxygen atoms in total. The Bertz CT molecular complexity index is 1060. The summed E-state index contributed by atoms with van der Waals surface area (Å²) in [7, 11) is 1.79. The first kappa shape index (κ1) is 27.2. The van der Waals surface area contributed by atoms with Gasteiger partial charge in [0.25, 0.3) is 0 Å². The molecule has 0 aliphatic carbocycles. The van der Waals surface area contributed by atoms with Crippen molar-refractivity contribution in [2.24, 2.45) is 24.3 Å². The van der Waals surface area contributed by atoms with Crippen LogP contribution in [0.2, 0.25) is 0 Å². The van der Waals surface area contributed by atoms with Gasteiger partial charge >= 0.3 is 5.97 Å². The Hall–Kier alpha value is -3.03. The zero-order chi connectivity index (χ0) is 26.0. The van der Waals surface area contributed by atoms with Gasteiger partial charge in [0.05, 0.1) is 12.1 Å². The van der Waals surface area contributed by atoms with Crippen LogP contribution >= 0.6 is 0 Å². The Balaban J connectivity index is 2.30. The van der Waals surface area contributed by atoms with E-state index in [9.17, 15) is 28.7 Å². The van der Waals surface area contributed by atoms with E-state index in [1.165, 1.54) is 20.8 Å². The zero-order valence-electron chi connectivity index (χ0n) is 20.9. The molecule has 0 saturated heterocycles. The summed E-state index contributed by atoms with van der Waals surface area (Å²) in [6, 6.07) is 6.10. The Morgan fingerprint density at radius 1 is 1.09 bits per heavy atom. The number of benzene rings is 1. The maximum absolute atomic E-state index is 14.7. The van der Waals surface area contributed by atoms with Crippen LogP contribution in [0.4, 0.5) is 4.39 Å². The summed E-state index contributed by atoms with van der Waals surface area (Å²) in [6.07, 6.45) is -2.81. The minimum atomic E-state index is -1.95. The Labute approximate surface area is 199 Å². The number of rotatable bonds is 10. The van der Waals surface area contributed by atoms with E-state index in [4.69, 9.17) is 0 Å². The van der Waals surface area contributed by atoms with Gasteiger partial charge in [-0.05, 0) is 24.5 Å². The van der Waals surface area contributed by atoms with E-state index in [0.717, 1.165) is 16.5 Å². The normalized spacial score (nSPS) is 14.6. The fourth-order valence-electron chi connectivity index (χ4n) is 4.19. The van der Waals surface area contributed by atoms with Crippen molar-refractivity contribution in [2.75, 3.05) is 0 Å². The lowest BCUT2D eigenvalue weighted by Crippen LogP contribution is -2.50. The third-order valence-corrected chi connectivity index (χ3v) is 6.22. The highest BCUT2D eigenvalue weighted by Crippen LogP contribution is 2.28. The number of ketones is 2. The lowest BCUT2D eigenvalue weighted by molar-refractivity contribution is -0.142. The molecule has 1 aromatic carbocycles. The number of carboxylic acid groups (broad SMARTS) is 1. The molecule has 1 heterocycles. The molecule has 0 bridgehead atoms. The number of amides is 1.